The van der Waals surface area contributed by atoms with E-state index in [4.69, 9.17) is 15.0 Å². The number of fused-ring (bicyclic) bond motifs is 2. The number of H-pyrrole nitrogens is 2. The van der Waals surface area contributed by atoms with Crippen LogP contribution in [0.4, 0.5) is 11.8 Å². The van der Waals surface area contributed by atoms with E-state index in [9.17, 15) is 0 Å². The van der Waals surface area contributed by atoms with Crippen molar-refractivity contribution in [3.63, 3.8) is 0 Å². The zero-order valence-corrected chi connectivity index (χ0v) is 20.6. The van der Waals surface area contributed by atoms with E-state index in [0.717, 1.165) is 57.3 Å². The van der Waals surface area contributed by atoms with Crippen molar-refractivity contribution in [2.75, 3.05) is 5.32 Å². The Morgan fingerprint density at radius 2 is 1.79 bits per heavy atom. The Morgan fingerprint density at radius 1 is 0.895 bits per heavy atom. The molecule has 0 aliphatic heterocycles. The normalized spacial score (nSPS) is 11.4. The number of nitrogens with one attached hydrogen (secondary N) is 3. The summed E-state index contributed by atoms with van der Waals surface area (Å²) in [5, 5.41) is 10.3. The zero-order valence-electron chi connectivity index (χ0n) is 20.6. The number of anilines is 2. The van der Waals surface area contributed by atoms with Crippen LogP contribution in [0.5, 0.6) is 0 Å². The topological polar surface area (TPSA) is 112 Å². The summed E-state index contributed by atoms with van der Waals surface area (Å²) < 4.78 is 2.05. The molecule has 0 amide bonds. The van der Waals surface area contributed by atoms with Crippen LogP contribution in [0.3, 0.4) is 0 Å². The lowest BCUT2D eigenvalue weighted by Gasteiger charge is -2.07. The van der Waals surface area contributed by atoms with Gasteiger partial charge in [0, 0.05) is 36.1 Å². The molecule has 0 aliphatic rings. The number of nitrogens with zero attached hydrogens (tertiary/aromatic N) is 6. The fraction of sp³-hybridized carbons (Fsp3) is 0.0690. The second-order valence-corrected chi connectivity index (χ2v) is 9.14. The molecule has 5 heterocycles. The highest BCUT2D eigenvalue weighted by molar-refractivity contribution is 5.87. The highest BCUT2D eigenvalue weighted by atomic mass is 15.2. The van der Waals surface area contributed by atoms with Gasteiger partial charge in [-0.3, -0.25) is 9.50 Å². The van der Waals surface area contributed by atoms with Gasteiger partial charge in [0.2, 0.25) is 5.95 Å². The van der Waals surface area contributed by atoms with Crippen molar-refractivity contribution < 1.29 is 0 Å². The molecule has 0 unspecified atom stereocenters. The van der Waals surface area contributed by atoms with Crippen LogP contribution < -0.4 is 5.32 Å². The number of aromatic nitrogens is 8. The van der Waals surface area contributed by atoms with Crippen LogP contribution in [0.2, 0.25) is 0 Å². The molecule has 9 nitrogen and oxygen atoms in total. The summed E-state index contributed by atoms with van der Waals surface area (Å²) in [5.74, 6) is 2.05. The van der Waals surface area contributed by atoms with Crippen LogP contribution in [-0.4, -0.2) is 39.5 Å². The van der Waals surface area contributed by atoms with Crippen LogP contribution in [0.15, 0.2) is 91.3 Å². The third-order valence-electron chi connectivity index (χ3n) is 6.39. The minimum atomic E-state index is 0.459. The summed E-state index contributed by atoms with van der Waals surface area (Å²) in [6.07, 6.45) is 4.49. The van der Waals surface area contributed by atoms with E-state index in [1.165, 1.54) is 5.56 Å². The SMILES string of the molecule is Cc1cc(Nc2nccc(-c3c(-c4ccc5nc(Cc6ccccc6)[nH]c5c4)nc4ccccn34)n2)n[nH]1. The fourth-order valence-corrected chi connectivity index (χ4v) is 4.67. The second-order valence-electron chi connectivity index (χ2n) is 9.14. The molecule has 0 atom stereocenters. The monoisotopic (exact) mass is 497 g/mol. The van der Waals surface area contributed by atoms with Gasteiger partial charge < -0.3 is 10.3 Å². The highest BCUT2D eigenvalue weighted by Gasteiger charge is 2.19. The van der Waals surface area contributed by atoms with Gasteiger partial charge >= 0.3 is 0 Å². The lowest BCUT2D eigenvalue weighted by Crippen LogP contribution is -2.00. The Hall–Kier alpha value is -5.31. The molecular formula is C29H23N9. The number of hydrogen-bond acceptors (Lipinski definition) is 6. The van der Waals surface area contributed by atoms with Gasteiger partial charge in [0.15, 0.2) is 5.82 Å². The molecule has 7 rings (SSSR count). The molecule has 0 saturated carbocycles. The number of rotatable bonds is 6. The smallest absolute Gasteiger partial charge is 0.228 e. The first-order valence-electron chi connectivity index (χ1n) is 12.3. The molecule has 9 heteroatoms. The maximum Gasteiger partial charge on any atom is 0.228 e. The van der Waals surface area contributed by atoms with Crippen LogP contribution in [0, 0.1) is 6.92 Å². The predicted octanol–water partition coefficient (Wildman–Crippen LogP) is 5.70. The molecule has 3 N–H and O–H groups in total. The Kier molecular flexibility index (Phi) is 5.18. The summed E-state index contributed by atoms with van der Waals surface area (Å²) in [6.45, 7) is 1.95. The van der Waals surface area contributed by atoms with Crippen molar-refractivity contribution in [2.24, 2.45) is 0 Å². The van der Waals surface area contributed by atoms with Gasteiger partial charge in [-0.15, -0.1) is 0 Å². The molecule has 38 heavy (non-hydrogen) atoms. The number of hydrogen-bond donors (Lipinski definition) is 3. The minimum absolute atomic E-state index is 0.459. The van der Waals surface area contributed by atoms with E-state index in [1.54, 1.807) is 6.20 Å². The summed E-state index contributed by atoms with van der Waals surface area (Å²) >= 11 is 0. The average Bonchev–Trinajstić information content (AvgIpc) is 3.65. The van der Waals surface area contributed by atoms with Gasteiger partial charge in [-0.05, 0) is 42.8 Å². The molecule has 2 aromatic carbocycles. The van der Waals surface area contributed by atoms with E-state index in [0.29, 0.717) is 11.8 Å². The minimum Gasteiger partial charge on any atom is -0.342 e. The largest absolute Gasteiger partial charge is 0.342 e. The maximum atomic E-state index is 4.99. The fourth-order valence-electron chi connectivity index (χ4n) is 4.67. The molecule has 0 bridgehead atoms. The first-order chi connectivity index (χ1) is 18.7. The zero-order chi connectivity index (χ0) is 25.5. The lowest BCUT2D eigenvalue weighted by atomic mass is 10.1. The van der Waals surface area contributed by atoms with Crippen LogP contribution in [0.25, 0.3) is 39.3 Å². The Bertz CT molecular complexity index is 1900. The standard InChI is InChI=1S/C29H23N9/c1-18-15-25(37-36-18)34-29-30-13-12-22(33-29)28-27(35-26-9-5-6-14-38(26)28)20-10-11-21-23(17-20)32-24(31-21)16-19-7-3-2-4-8-19/h2-15,17H,16H2,1H3,(H,31,32)(H2,30,33,34,36,37). The molecule has 5 aromatic heterocycles. The van der Waals surface area contributed by atoms with E-state index < -0.39 is 0 Å². The van der Waals surface area contributed by atoms with Crippen molar-refractivity contribution in [3.05, 3.63) is 108 Å². The molecule has 0 saturated heterocycles. The van der Waals surface area contributed by atoms with Crippen molar-refractivity contribution in [1.29, 1.82) is 0 Å². The van der Waals surface area contributed by atoms with E-state index in [2.05, 4.69) is 54.1 Å². The number of pyridine rings is 1. The Labute approximate surface area is 217 Å². The second kappa shape index (κ2) is 8.97. The number of aromatic amines is 2. The first kappa shape index (κ1) is 21.9. The third-order valence-corrected chi connectivity index (χ3v) is 6.39. The van der Waals surface area contributed by atoms with Crippen molar-refractivity contribution in [3.8, 4) is 22.6 Å². The summed E-state index contributed by atoms with van der Waals surface area (Å²) in [7, 11) is 0. The van der Waals surface area contributed by atoms with Gasteiger partial charge in [0.1, 0.15) is 11.5 Å². The van der Waals surface area contributed by atoms with Gasteiger partial charge in [0.05, 0.1) is 28.1 Å². The summed E-state index contributed by atoms with van der Waals surface area (Å²) in [5.41, 5.74) is 8.33. The van der Waals surface area contributed by atoms with E-state index in [-0.39, 0.29) is 0 Å². The quantitative estimate of drug-likeness (QED) is 0.272. The number of benzene rings is 2. The molecule has 0 spiro atoms. The molecule has 0 radical (unpaired) electrons. The van der Waals surface area contributed by atoms with Gasteiger partial charge in [0.25, 0.3) is 0 Å². The predicted molar refractivity (Wildman–Crippen MR) is 147 cm³/mol. The van der Waals surface area contributed by atoms with E-state index in [1.807, 2.05) is 67.7 Å². The van der Waals surface area contributed by atoms with E-state index >= 15 is 0 Å². The van der Waals surface area contributed by atoms with Crippen LogP contribution in [0.1, 0.15) is 17.1 Å². The Balaban J connectivity index is 1.31. The summed E-state index contributed by atoms with van der Waals surface area (Å²) in [6, 6.07) is 26.3. The summed E-state index contributed by atoms with van der Waals surface area (Å²) in [4.78, 5) is 22.5. The van der Waals surface area contributed by atoms with Crippen molar-refractivity contribution in [1.82, 2.24) is 39.5 Å². The van der Waals surface area contributed by atoms with Crippen molar-refractivity contribution >= 4 is 28.4 Å². The molecular weight excluding hydrogens is 474 g/mol. The lowest BCUT2D eigenvalue weighted by molar-refractivity contribution is 1.04. The first-order valence-corrected chi connectivity index (χ1v) is 12.3. The van der Waals surface area contributed by atoms with Crippen LogP contribution in [-0.2, 0) is 6.42 Å². The van der Waals surface area contributed by atoms with Crippen molar-refractivity contribution in [2.45, 2.75) is 13.3 Å². The van der Waals surface area contributed by atoms with Gasteiger partial charge in [-0.1, -0.05) is 42.5 Å². The maximum absolute atomic E-state index is 4.99. The molecule has 0 aliphatic carbocycles. The Morgan fingerprint density at radius 3 is 2.66 bits per heavy atom. The number of aryl methyl sites for hydroxylation is 1. The third kappa shape index (κ3) is 4.05. The van der Waals surface area contributed by atoms with Gasteiger partial charge in [-0.2, -0.15) is 5.10 Å². The molecule has 7 aromatic rings. The number of imidazole rings is 2. The van der Waals surface area contributed by atoms with Gasteiger partial charge in [-0.25, -0.2) is 19.9 Å². The van der Waals surface area contributed by atoms with Crippen LogP contribution >= 0.6 is 0 Å². The molecule has 0 fully saturated rings. The highest BCUT2D eigenvalue weighted by Crippen LogP contribution is 2.33. The molecule has 184 valence electrons. The average molecular weight is 498 g/mol.